The van der Waals surface area contributed by atoms with E-state index in [9.17, 15) is 14.7 Å². The Bertz CT molecular complexity index is 1200. The zero-order valence-corrected chi connectivity index (χ0v) is 18.5. The van der Waals surface area contributed by atoms with Gasteiger partial charge >= 0.3 is 5.97 Å². The quantitative estimate of drug-likeness (QED) is 0.424. The van der Waals surface area contributed by atoms with Gasteiger partial charge in [0.1, 0.15) is 5.75 Å². The second-order valence-electron chi connectivity index (χ2n) is 7.86. The molecule has 0 bridgehead atoms. The number of para-hydroxylation sites is 1. The molecule has 7 heteroatoms. The van der Waals surface area contributed by atoms with Crippen LogP contribution < -0.4 is 5.32 Å². The first kappa shape index (κ1) is 22.5. The van der Waals surface area contributed by atoms with E-state index in [4.69, 9.17) is 14.5 Å². The van der Waals surface area contributed by atoms with Crippen LogP contribution in [0.15, 0.2) is 48.5 Å². The van der Waals surface area contributed by atoms with Gasteiger partial charge in [-0.1, -0.05) is 30.3 Å². The molecular formula is C26H26N2O5. The van der Waals surface area contributed by atoms with Crippen molar-refractivity contribution in [1.82, 2.24) is 10.3 Å². The number of amides is 1. The topological polar surface area (TPSA) is 97.8 Å². The number of fused-ring (bicyclic) bond motifs is 2. The standard InChI is InChI=1S/C26H26N2O5/c1-32-14-13-27-23(30)16-33-26(31)24-20-6-2-3-8-22(20)28-25-18(5-4-7-21(24)25)15-17-9-11-19(29)12-10-17/h2-3,6,8-12,15,29H,4-5,7,13-14,16H2,1H3,(H,27,30). The fraction of sp³-hybridized carbons (Fsp3) is 0.269. The summed E-state index contributed by atoms with van der Waals surface area (Å²) in [5, 5.41) is 12.9. The number of benzene rings is 2. The number of hydrogen-bond donors (Lipinski definition) is 2. The number of pyridine rings is 1. The Labute approximate surface area is 192 Å². The predicted molar refractivity (Wildman–Crippen MR) is 126 cm³/mol. The van der Waals surface area contributed by atoms with Gasteiger partial charge in [0.25, 0.3) is 5.91 Å². The van der Waals surface area contributed by atoms with Crippen LogP contribution in [0.5, 0.6) is 5.75 Å². The molecule has 3 aromatic rings. The van der Waals surface area contributed by atoms with Gasteiger partial charge in [-0.2, -0.15) is 0 Å². The summed E-state index contributed by atoms with van der Waals surface area (Å²) in [7, 11) is 1.55. The summed E-state index contributed by atoms with van der Waals surface area (Å²) in [6.07, 6.45) is 4.44. The van der Waals surface area contributed by atoms with E-state index in [2.05, 4.69) is 5.32 Å². The van der Waals surface area contributed by atoms with Crippen molar-refractivity contribution in [2.75, 3.05) is 26.9 Å². The van der Waals surface area contributed by atoms with Crippen LogP contribution in [0.3, 0.4) is 0 Å². The lowest BCUT2D eigenvalue weighted by molar-refractivity contribution is -0.124. The SMILES string of the molecule is COCCNC(=O)COC(=O)c1c2c(nc3ccccc13)C(=Cc1ccc(O)cc1)CCC2. The maximum Gasteiger partial charge on any atom is 0.339 e. The number of hydrogen-bond acceptors (Lipinski definition) is 6. The van der Waals surface area contributed by atoms with Crippen molar-refractivity contribution in [3.05, 3.63) is 70.9 Å². The Morgan fingerprint density at radius 1 is 1.12 bits per heavy atom. The second-order valence-corrected chi connectivity index (χ2v) is 7.86. The average Bonchev–Trinajstić information content (AvgIpc) is 2.83. The maximum atomic E-state index is 13.2. The van der Waals surface area contributed by atoms with Crippen LogP contribution in [0.25, 0.3) is 22.6 Å². The molecule has 0 fully saturated rings. The van der Waals surface area contributed by atoms with Gasteiger partial charge in [-0.3, -0.25) is 4.79 Å². The van der Waals surface area contributed by atoms with Gasteiger partial charge in [0.15, 0.2) is 6.61 Å². The minimum atomic E-state index is -0.530. The number of phenolic OH excluding ortho intramolecular Hbond substituents is 1. The third kappa shape index (κ3) is 5.21. The molecule has 33 heavy (non-hydrogen) atoms. The Hall–Kier alpha value is -3.71. The van der Waals surface area contributed by atoms with Crippen molar-refractivity contribution in [3.8, 4) is 5.75 Å². The summed E-state index contributed by atoms with van der Waals surface area (Å²) in [6, 6.07) is 14.4. The van der Waals surface area contributed by atoms with Crippen LogP contribution in [-0.4, -0.2) is 48.8 Å². The number of carbonyl (C=O) groups is 2. The van der Waals surface area contributed by atoms with Crippen LogP contribution in [0.2, 0.25) is 0 Å². The van der Waals surface area contributed by atoms with Crippen molar-refractivity contribution in [2.45, 2.75) is 19.3 Å². The molecule has 0 atom stereocenters. The lowest BCUT2D eigenvalue weighted by Crippen LogP contribution is -2.31. The number of nitrogens with one attached hydrogen (secondary N) is 1. The monoisotopic (exact) mass is 446 g/mol. The molecule has 1 aromatic heterocycles. The predicted octanol–water partition coefficient (Wildman–Crippen LogP) is 3.74. The molecule has 0 saturated carbocycles. The van der Waals surface area contributed by atoms with E-state index >= 15 is 0 Å². The van der Waals surface area contributed by atoms with E-state index in [1.165, 1.54) is 0 Å². The van der Waals surface area contributed by atoms with E-state index in [-0.39, 0.29) is 18.3 Å². The smallest absolute Gasteiger partial charge is 0.339 e. The molecule has 0 spiro atoms. The summed E-state index contributed by atoms with van der Waals surface area (Å²) in [6.45, 7) is 0.383. The summed E-state index contributed by atoms with van der Waals surface area (Å²) in [4.78, 5) is 30.0. The molecule has 4 rings (SSSR count). The van der Waals surface area contributed by atoms with Gasteiger partial charge in [0.05, 0.1) is 23.4 Å². The minimum absolute atomic E-state index is 0.210. The molecule has 1 heterocycles. The molecule has 1 amide bonds. The van der Waals surface area contributed by atoms with E-state index < -0.39 is 5.97 Å². The van der Waals surface area contributed by atoms with Crippen molar-refractivity contribution >= 4 is 34.4 Å². The van der Waals surface area contributed by atoms with Gasteiger partial charge in [0.2, 0.25) is 0 Å². The molecular weight excluding hydrogens is 420 g/mol. The van der Waals surface area contributed by atoms with E-state index in [0.717, 1.165) is 35.2 Å². The minimum Gasteiger partial charge on any atom is -0.508 e. The zero-order chi connectivity index (χ0) is 23.2. The van der Waals surface area contributed by atoms with Crippen LogP contribution >= 0.6 is 0 Å². The van der Waals surface area contributed by atoms with E-state index in [1.807, 2.05) is 42.5 Å². The number of allylic oxidation sites excluding steroid dienone is 1. The molecule has 0 radical (unpaired) electrons. The van der Waals surface area contributed by atoms with Gasteiger partial charge in [0, 0.05) is 19.0 Å². The number of ether oxygens (including phenoxy) is 2. The van der Waals surface area contributed by atoms with Crippen molar-refractivity contribution in [3.63, 3.8) is 0 Å². The van der Waals surface area contributed by atoms with Crippen LogP contribution in [0.1, 0.15) is 40.0 Å². The van der Waals surface area contributed by atoms with Gasteiger partial charge in [-0.05, 0) is 60.2 Å². The van der Waals surface area contributed by atoms with Gasteiger partial charge in [-0.15, -0.1) is 0 Å². The zero-order valence-electron chi connectivity index (χ0n) is 18.5. The molecule has 7 nitrogen and oxygen atoms in total. The molecule has 2 N–H and O–H groups in total. The molecule has 170 valence electrons. The number of aromatic hydroxyl groups is 1. The van der Waals surface area contributed by atoms with Crippen molar-refractivity contribution in [2.24, 2.45) is 0 Å². The van der Waals surface area contributed by atoms with Gasteiger partial charge in [-0.25, -0.2) is 9.78 Å². The molecule has 0 aliphatic heterocycles. The summed E-state index contributed by atoms with van der Waals surface area (Å²) in [5.74, 6) is -0.695. The lowest BCUT2D eigenvalue weighted by atomic mass is 9.86. The molecule has 2 aromatic carbocycles. The van der Waals surface area contributed by atoms with Crippen LogP contribution in [0, 0.1) is 0 Å². The fourth-order valence-electron chi connectivity index (χ4n) is 4.03. The highest BCUT2D eigenvalue weighted by Crippen LogP contribution is 2.36. The first-order valence-corrected chi connectivity index (χ1v) is 10.9. The number of esters is 1. The largest absolute Gasteiger partial charge is 0.508 e. The van der Waals surface area contributed by atoms with Crippen LogP contribution in [0.4, 0.5) is 0 Å². The number of methoxy groups -OCH3 is 1. The molecule has 1 aliphatic carbocycles. The average molecular weight is 447 g/mol. The highest BCUT2D eigenvalue weighted by Gasteiger charge is 2.26. The Morgan fingerprint density at radius 3 is 2.70 bits per heavy atom. The highest BCUT2D eigenvalue weighted by molar-refractivity contribution is 6.07. The summed E-state index contributed by atoms with van der Waals surface area (Å²) < 4.78 is 10.3. The number of phenols is 1. The lowest BCUT2D eigenvalue weighted by Gasteiger charge is -2.22. The summed E-state index contributed by atoms with van der Waals surface area (Å²) in [5.41, 5.74) is 4.77. The number of rotatable bonds is 7. The molecule has 0 unspecified atom stereocenters. The Kier molecular flexibility index (Phi) is 7.00. The highest BCUT2D eigenvalue weighted by atomic mass is 16.5. The first-order valence-electron chi connectivity index (χ1n) is 10.9. The number of aromatic nitrogens is 1. The number of nitrogens with zero attached hydrogens (tertiary/aromatic N) is 1. The van der Waals surface area contributed by atoms with E-state index in [0.29, 0.717) is 36.0 Å². The molecule has 0 saturated heterocycles. The Morgan fingerprint density at radius 2 is 1.91 bits per heavy atom. The van der Waals surface area contributed by atoms with Crippen molar-refractivity contribution < 1.29 is 24.2 Å². The summed E-state index contributed by atoms with van der Waals surface area (Å²) >= 11 is 0. The fourth-order valence-corrected chi connectivity index (χ4v) is 4.03. The van der Waals surface area contributed by atoms with Crippen molar-refractivity contribution in [1.29, 1.82) is 0 Å². The third-order valence-corrected chi connectivity index (χ3v) is 5.57. The van der Waals surface area contributed by atoms with E-state index in [1.54, 1.807) is 19.2 Å². The third-order valence-electron chi connectivity index (χ3n) is 5.57. The number of carbonyl (C=O) groups excluding carboxylic acids is 2. The second kappa shape index (κ2) is 10.3. The Balaban J connectivity index is 1.69. The normalized spacial score (nSPS) is 14.2. The first-order chi connectivity index (χ1) is 16.1. The van der Waals surface area contributed by atoms with Crippen LogP contribution in [-0.2, 0) is 20.7 Å². The molecule has 1 aliphatic rings. The maximum absolute atomic E-state index is 13.2. The van der Waals surface area contributed by atoms with Gasteiger partial charge < -0.3 is 19.9 Å².